The van der Waals surface area contributed by atoms with Gasteiger partial charge in [0.1, 0.15) is 16.2 Å². The van der Waals surface area contributed by atoms with Gasteiger partial charge in [-0.25, -0.2) is 8.42 Å². The average Bonchev–Trinajstić information content (AvgIpc) is 2.86. The number of para-hydroxylation sites is 1. The minimum atomic E-state index is -4.03. The second-order valence-corrected chi connectivity index (χ2v) is 11.4. The van der Waals surface area contributed by atoms with Crippen molar-refractivity contribution < 1.29 is 17.9 Å². The van der Waals surface area contributed by atoms with E-state index in [0.29, 0.717) is 12.1 Å². The predicted octanol–water partition coefficient (Wildman–Crippen LogP) is 6.57. The largest absolute Gasteiger partial charge is 0.487 e. The number of anilines is 1. The molecule has 0 bridgehead atoms. The van der Waals surface area contributed by atoms with Gasteiger partial charge in [-0.3, -0.25) is 9.52 Å². The number of sulfonamides is 1. The van der Waals surface area contributed by atoms with E-state index in [-0.39, 0.29) is 33.0 Å². The topological polar surface area (TPSA) is 84.5 Å². The first kappa shape index (κ1) is 26.0. The lowest BCUT2D eigenvalue weighted by molar-refractivity contribution is 0.0227. The van der Waals surface area contributed by atoms with Gasteiger partial charge in [0.25, 0.3) is 15.9 Å². The molecule has 8 heteroatoms. The van der Waals surface area contributed by atoms with E-state index in [0.717, 1.165) is 35.3 Å². The number of ether oxygens (including phenoxy) is 1. The SMILES string of the molecule is CCC1(CC)CC(NC(=O)c2ccc(Cl)c(S(=O)(=O)Nc3cc(C)ccc3C)c2)c2ccccc2O1. The molecule has 3 aromatic rings. The van der Waals surface area contributed by atoms with Crippen molar-refractivity contribution in [1.29, 1.82) is 0 Å². The number of halogens is 1. The van der Waals surface area contributed by atoms with Crippen LogP contribution in [-0.4, -0.2) is 19.9 Å². The summed E-state index contributed by atoms with van der Waals surface area (Å²) >= 11 is 6.29. The van der Waals surface area contributed by atoms with Crippen molar-refractivity contribution in [3.05, 3.63) is 87.9 Å². The lowest BCUT2D eigenvalue weighted by atomic mass is 9.83. The van der Waals surface area contributed by atoms with Crippen LogP contribution in [0.4, 0.5) is 5.69 Å². The number of nitrogens with one attached hydrogen (secondary N) is 2. The Balaban J connectivity index is 1.63. The Morgan fingerprint density at radius 1 is 1.06 bits per heavy atom. The Hall–Kier alpha value is -3.03. The highest BCUT2D eigenvalue weighted by atomic mass is 35.5. The van der Waals surface area contributed by atoms with Gasteiger partial charge in [-0.2, -0.15) is 0 Å². The summed E-state index contributed by atoms with van der Waals surface area (Å²) in [5, 5.41) is 3.14. The fourth-order valence-corrected chi connectivity index (χ4v) is 6.22. The van der Waals surface area contributed by atoms with Crippen molar-refractivity contribution >= 4 is 33.2 Å². The first-order valence-electron chi connectivity index (χ1n) is 12.1. The van der Waals surface area contributed by atoms with Crippen LogP contribution in [0.15, 0.2) is 65.6 Å². The van der Waals surface area contributed by atoms with Gasteiger partial charge in [0.2, 0.25) is 0 Å². The number of aryl methyl sites for hydroxylation is 2. The summed E-state index contributed by atoms with van der Waals surface area (Å²) in [7, 11) is -4.03. The van der Waals surface area contributed by atoms with Crippen molar-refractivity contribution in [3.8, 4) is 5.75 Å². The van der Waals surface area contributed by atoms with Crippen molar-refractivity contribution in [2.75, 3.05) is 4.72 Å². The first-order valence-corrected chi connectivity index (χ1v) is 13.9. The van der Waals surface area contributed by atoms with Gasteiger partial charge in [0, 0.05) is 17.5 Å². The number of rotatable bonds is 7. The normalized spacial score (nSPS) is 16.5. The second kappa shape index (κ2) is 10.1. The molecule has 1 heterocycles. The average molecular weight is 527 g/mol. The second-order valence-electron chi connectivity index (χ2n) is 9.33. The van der Waals surface area contributed by atoms with E-state index in [2.05, 4.69) is 23.9 Å². The van der Waals surface area contributed by atoms with E-state index in [9.17, 15) is 13.2 Å². The minimum absolute atomic E-state index is 0.0387. The van der Waals surface area contributed by atoms with Gasteiger partial charge in [-0.1, -0.05) is 55.8 Å². The molecule has 2 N–H and O–H groups in total. The maximum atomic E-state index is 13.3. The summed E-state index contributed by atoms with van der Waals surface area (Å²) in [6.07, 6.45) is 2.23. The molecule has 36 heavy (non-hydrogen) atoms. The maximum Gasteiger partial charge on any atom is 0.263 e. The summed E-state index contributed by atoms with van der Waals surface area (Å²) in [6, 6.07) is 17.2. The van der Waals surface area contributed by atoms with Gasteiger partial charge in [0.05, 0.1) is 16.8 Å². The summed E-state index contributed by atoms with van der Waals surface area (Å²) < 4.78 is 35.4. The Morgan fingerprint density at radius 2 is 1.78 bits per heavy atom. The molecule has 1 atom stereocenters. The highest BCUT2D eigenvalue weighted by Gasteiger charge is 2.39. The van der Waals surface area contributed by atoms with E-state index < -0.39 is 10.0 Å². The van der Waals surface area contributed by atoms with Crippen LogP contribution in [0.2, 0.25) is 5.02 Å². The van der Waals surface area contributed by atoms with E-state index in [4.69, 9.17) is 16.3 Å². The Morgan fingerprint density at radius 3 is 2.50 bits per heavy atom. The van der Waals surface area contributed by atoms with Crippen molar-refractivity contribution in [1.82, 2.24) is 5.32 Å². The zero-order chi connectivity index (χ0) is 26.1. The monoisotopic (exact) mass is 526 g/mol. The number of hydrogen-bond acceptors (Lipinski definition) is 4. The Bertz CT molecular complexity index is 1400. The molecule has 3 aromatic carbocycles. The van der Waals surface area contributed by atoms with Crippen LogP contribution in [0.3, 0.4) is 0 Å². The molecular formula is C28H31ClN2O4S. The maximum absolute atomic E-state index is 13.3. The fourth-order valence-electron chi connectivity index (χ4n) is 4.57. The number of hydrogen-bond donors (Lipinski definition) is 2. The molecule has 0 fully saturated rings. The van der Waals surface area contributed by atoms with E-state index in [1.54, 1.807) is 6.07 Å². The lowest BCUT2D eigenvalue weighted by Gasteiger charge is -2.41. The van der Waals surface area contributed by atoms with Gasteiger partial charge < -0.3 is 10.1 Å². The molecule has 0 saturated carbocycles. The molecule has 1 aliphatic rings. The number of carbonyl (C=O) groups excluding carboxylic acids is 1. The number of carbonyl (C=O) groups is 1. The predicted molar refractivity (Wildman–Crippen MR) is 143 cm³/mol. The van der Waals surface area contributed by atoms with Crippen LogP contribution >= 0.6 is 11.6 Å². The standard InChI is InChI=1S/C28H31ClN2O4S/c1-5-28(6-2)17-24(21-9-7-8-10-25(21)35-28)30-27(32)20-13-14-22(29)26(16-20)36(33,34)31-23-15-18(3)11-12-19(23)4/h7-16,24,31H,5-6,17H2,1-4H3,(H,30,32). The molecule has 4 rings (SSSR count). The zero-order valence-corrected chi connectivity index (χ0v) is 22.5. The highest BCUT2D eigenvalue weighted by molar-refractivity contribution is 7.92. The van der Waals surface area contributed by atoms with Gasteiger partial charge in [-0.15, -0.1) is 0 Å². The quantitative estimate of drug-likeness (QED) is 0.364. The third-order valence-corrected chi connectivity index (χ3v) is 8.76. The number of amides is 1. The minimum Gasteiger partial charge on any atom is -0.487 e. The lowest BCUT2D eigenvalue weighted by Crippen LogP contribution is -2.44. The van der Waals surface area contributed by atoms with Crippen molar-refractivity contribution in [3.63, 3.8) is 0 Å². The van der Waals surface area contributed by atoms with Crippen LogP contribution < -0.4 is 14.8 Å². The van der Waals surface area contributed by atoms with Crippen LogP contribution in [0.1, 0.15) is 66.2 Å². The number of fused-ring (bicyclic) bond motifs is 1. The molecule has 0 radical (unpaired) electrons. The van der Waals surface area contributed by atoms with E-state index >= 15 is 0 Å². The Kier molecular flexibility index (Phi) is 7.34. The van der Waals surface area contributed by atoms with Crippen molar-refractivity contribution in [2.45, 2.75) is 63.5 Å². The molecule has 1 amide bonds. The molecule has 0 spiro atoms. The molecule has 0 saturated heterocycles. The zero-order valence-electron chi connectivity index (χ0n) is 20.9. The first-order chi connectivity index (χ1) is 17.1. The summed E-state index contributed by atoms with van der Waals surface area (Å²) in [6.45, 7) is 7.86. The molecule has 6 nitrogen and oxygen atoms in total. The molecule has 1 aliphatic heterocycles. The number of benzene rings is 3. The third kappa shape index (κ3) is 5.22. The van der Waals surface area contributed by atoms with Gasteiger partial charge in [0.15, 0.2) is 0 Å². The van der Waals surface area contributed by atoms with Crippen LogP contribution in [0, 0.1) is 13.8 Å². The summed E-state index contributed by atoms with van der Waals surface area (Å²) in [4.78, 5) is 13.2. The van der Waals surface area contributed by atoms with Crippen LogP contribution in [0.5, 0.6) is 5.75 Å². The third-order valence-electron chi connectivity index (χ3n) is 6.91. The summed E-state index contributed by atoms with van der Waals surface area (Å²) in [5.74, 6) is 0.382. The molecule has 0 aromatic heterocycles. The smallest absolute Gasteiger partial charge is 0.263 e. The van der Waals surface area contributed by atoms with Crippen LogP contribution in [-0.2, 0) is 10.0 Å². The molecular weight excluding hydrogens is 496 g/mol. The van der Waals surface area contributed by atoms with Gasteiger partial charge in [-0.05, 0) is 68.1 Å². The van der Waals surface area contributed by atoms with E-state index in [1.165, 1.54) is 18.2 Å². The highest BCUT2D eigenvalue weighted by Crippen LogP contribution is 2.42. The molecule has 190 valence electrons. The summed E-state index contributed by atoms with van der Waals surface area (Å²) in [5.41, 5.74) is 2.91. The fraction of sp³-hybridized carbons (Fsp3) is 0.321. The van der Waals surface area contributed by atoms with Crippen LogP contribution in [0.25, 0.3) is 0 Å². The van der Waals surface area contributed by atoms with E-state index in [1.807, 2.05) is 50.2 Å². The molecule has 0 aliphatic carbocycles. The molecule has 1 unspecified atom stereocenters. The van der Waals surface area contributed by atoms with Crippen molar-refractivity contribution in [2.24, 2.45) is 0 Å². The van der Waals surface area contributed by atoms with Gasteiger partial charge >= 0.3 is 0 Å². The Labute approximate surface area is 218 Å².